The van der Waals surface area contributed by atoms with Crippen LogP contribution in [0.2, 0.25) is 5.02 Å². The lowest BCUT2D eigenvalue weighted by Gasteiger charge is -2.10. The van der Waals surface area contributed by atoms with Gasteiger partial charge in [0.05, 0.1) is 28.2 Å². The Balaban J connectivity index is 2.25. The molecule has 0 bridgehead atoms. The first kappa shape index (κ1) is 12.4. The zero-order valence-corrected chi connectivity index (χ0v) is 10.5. The molecule has 0 aliphatic rings. The van der Waals surface area contributed by atoms with Crippen molar-refractivity contribution >= 4 is 28.9 Å². The fourth-order valence-electron chi connectivity index (χ4n) is 1.54. The van der Waals surface area contributed by atoms with E-state index in [9.17, 15) is 4.79 Å². The zero-order valence-electron chi connectivity index (χ0n) is 9.77. The number of pyridine rings is 1. The maximum atomic E-state index is 12.1. The number of amides is 1. The molecule has 2 rings (SSSR count). The molecule has 0 aliphatic carbocycles. The number of nitrogens with one attached hydrogen (secondary N) is 2. The third-order valence-electron chi connectivity index (χ3n) is 2.46. The average Bonchev–Trinajstić information content (AvgIpc) is 2.41. The number of hydrogen-bond donors (Lipinski definition) is 2. The predicted molar refractivity (Wildman–Crippen MR) is 73.2 cm³/mol. The highest BCUT2D eigenvalue weighted by Crippen LogP contribution is 2.22. The highest BCUT2D eigenvalue weighted by Gasteiger charge is 2.11. The second kappa shape index (κ2) is 5.51. The SMILES string of the molecule is CNc1cnccc1C(=O)Nc1ccccc1Cl. The Morgan fingerprint density at radius 1 is 1.22 bits per heavy atom. The fraction of sp³-hybridized carbons (Fsp3) is 0.0769. The second-order valence-electron chi connectivity index (χ2n) is 3.61. The summed E-state index contributed by atoms with van der Waals surface area (Å²) in [5, 5.41) is 6.19. The van der Waals surface area contributed by atoms with Gasteiger partial charge in [-0.05, 0) is 18.2 Å². The summed E-state index contributed by atoms with van der Waals surface area (Å²) in [6.07, 6.45) is 3.17. The van der Waals surface area contributed by atoms with Crippen LogP contribution in [0.1, 0.15) is 10.4 Å². The van der Waals surface area contributed by atoms with Crippen molar-refractivity contribution in [3.05, 3.63) is 53.3 Å². The lowest BCUT2D eigenvalue weighted by Crippen LogP contribution is -2.14. The van der Waals surface area contributed by atoms with Gasteiger partial charge in [0.1, 0.15) is 0 Å². The molecule has 0 aliphatic heterocycles. The van der Waals surface area contributed by atoms with Gasteiger partial charge in [0, 0.05) is 13.2 Å². The molecule has 5 heteroatoms. The van der Waals surface area contributed by atoms with Crippen LogP contribution in [0.15, 0.2) is 42.7 Å². The van der Waals surface area contributed by atoms with E-state index in [0.717, 1.165) is 0 Å². The first-order valence-electron chi connectivity index (χ1n) is 5.40. The molecule has 4 nitrogen and oxygen atoms in total. The molecule has 1 aromatic carbocycles. The van der Waals surface area contributed by atoms with Crippen molar-refractivity contribution in [1.82, 2.24) is 4.98 Å². The fourth-order valence-corrected chi connectivity index (χ4v) is 1.73. The van der Waals surface area contributed by atoms with Crippen LogP contribution in [0.4, 0.5) is 11.4 Å². The lowest BCUT2D eigenvalue weighted by atomic mass is 10.2. The topological polar surface area (TPSA) is 54.0 Å². The van der Waals surface area contributed by atoms with E-state index in [4.69, 9.17) is 11.6 Å². The van der Waals surface area contributed by atoms with Gasteiger partial charge >= 0.3 is 0 Å². The van der Waals surface area contributed by atoms with E-state index >= 15 is 0 Å². The second-order valence-corrected chi connectivity index (χ2v) is 4.01. The number of hydrogen-bond acceptors (Lipinski definition) is 3. The van der Waals surface area contributed by atoms with Crippen LogP contribution in [0.3, 0.4) is 0 Å². The molecule has 2 aromatic rings. The number of carbonyl (C=O) groups is 1. The van der Waals surface area contributed by atoms with Gasteiger partial charge in [0.25, 0.3) is 5.91 Å². The number of aromatic nitrogens is 1. The lowest BCUT2D eigenvalue weighted by molar-refractivity contribution is 0.102. The normalized spacial score (nSPS) is 9.89. The Hall–Kier alpha value is -2.07. The van der Waals surface area contributed by atoms with Crippen LogP contribution >= 0.6 is 11.6 Å². The minimum Gasteiger partial charge on any atom is -0.386 e. The Morgan fingerprint density at radius 2 is 2.00 bits per heavy atom. The molecule has 1 aromatic heterocycles. The van der Waals surface area contributed by atoms with Crippen molar-refractivity contribution in [3.8, 4) is 0 Å². The summed E-state index contributed by atoms with van der Waals surface area (Å²) in [6, 6.07) is 8.75. The van der Waals surface area contributed by atoms with Crippen LogP contribution in [0.5, 0.6) is 0 Å². The van der Waals surface area contributed by atoms with E-state index in [1.54, 1.807) is 37.6 Å². The summed E-state index contributed by atoms with van der Waals surface area (Å²) in [6.45, 7) is 0. The van der Waals surface area contributed by atoms with Crippen molar-refractivity contribution in [2.24, 2.45) is 0 Å². The van der Waals surface area contributed by atoms with Gasteiger partial charge < -0.3 is 10.6 Å². The Morgan fingerprint density at radius 3 is 2.72 bits per heavy atom. The van der Waals surface area contributed by atoms with Crippen LogP contribution < -0.4 is 10.6 Å². The first-order valence-corrected chi connectivity index (χ1v) is 5.78. The van der Waals surface area contributed by atoms with Crippen molar-refractivity contribution in [3.63, 3.8) is 0 Å². The highest BCUT2D eigenvalue weighted by molar-refractivity contribution is 6.34. The van der Waals surface area contributed by atoms with Gasteiger partial charge in [-0.3, -0.25) is 9.78 Å². The van der Waals surface area contributed by atoms with Crippen LogP contribution in [-0.4, -0.2) is 17.9 Å². The molecule has 1 amide bonds. The Bertz CT molecular complexity index is 572. The van der Waals surface area contributed by atoms with Crippen LogP contribution in [0, 0.1) is 0 Å². The monoisotopic (exact) mass is 261 g/mol. The summed E-state index contributed by atoms with van der Waals surface area (Å²) in [7, 11) is 1.74. The predicted octanol–water partition coefficient (Wildman–Crippen LogP) is 3.03. The Kier molecular flexibility index (Phi) is 3.79. The van der Waals surface area contributed by atoms with Crippen LogP contribution in [-0.2, 0) is 0 Å². The van der Waals surface area contributed by atoms with Crippen molar-refractivity contribution in [2.45, 2.75) is 0 Å². The smallest absolute Gasteiger partial charge is 0.257 e. The molecule has 18 heavy (non-hydrogen) atoms. The molecule has 0 radical (unpaired) electrons. The highest BCUT2D eigenvalue weighted by atomic mass is 35.5. The molecule has 0 saturated carbocycles. The van der Waals surface area contributed by atoms with Gasteiger partial charge in [-0.25, -0.2) is 0 Å². The minimum absolute atomic E-state index is 0.227. The zero-order chi connectivity index (χ0) is 13.0. The minimum atomic E-state index is -0.227. The summed E-state index contributed by atoms with van der Waals surface area (Å²) in [4.78, 5) is 16.1. The molecule has 0 atom stereocenters. The number of nitrogens with zero attached hydrogens (tertiary/aromatic N) is 1. The van der Waals surface area contributed by atoms with Gasteiger partial charge in [0.15, 0.2) is 0 Å². The van der Waals surface area contributed by atoms with E-state index in [2.05, 4.69) is 15.6 Å². The van der Waals surface area contributed by atoms with Gasteiger partial charge in [-0.15, -0.1) is 0 Å². The third-order valence-corrected chi connectivity index (χ3v) is 2.79. The number of benzene rings is 1. The van der Waals surface area contributed by atoms with Crippen LogP contribution in [0.25, 0.3) is 0 Å². The molecule has 1 heterocycles. The van der Waals surface area contributed by atoms with E-state index in [-0.39, 0.29) is 5.91 Å². The molecule has 0 saturated heterocycles. The largest absolute Gasteiger partial charge is 0.386 e. The Labute approximate surface area is 110 Å². The van der Waals surface area contributed by atoms with Crippen molar-refractivity contribution in [2.75, 3.05) is 17.7 Å². The van der Waals surface area contributed by atoms with Crippen molar-refractivity contribution < 1.29 is 4.79 Å². The number of para-hydroxylation sites is 1. The number of carbonyl (C=O) groups excluding carboxylic acids is 1. The summed E-state index contributed by atoms with van der Waals surface area (Å²) in [5.74, 6) is -0.227. The van der Waals surface area contributed by atoms with E-state index < -0.39 is 0 Å². The molecule has 2 N–H and O–H groups in total. The molecule has 0 spiro atoms. The first-order chi connectivity index (χ1) is 8.72. The van der Waals surface area contributed by atoms with E-state index in [0.29, 0.717) is 22.0 Å². The van der Waals surface area contributed by atoms with Crippen molar-refractivity contribution in [1.29, 1.82) is 0 Å². The molecular formula is C13H12ClN3O. The maximum absolute atomic E-state index is 12.1. The molecule has 0 fully saturated rings. The summed E-state index contributed by atoms with van der Waals surface area (Å²) >= 11 is 5.99. The molecule has 92 valence electrons. The van der Waals surface area contributed by atoms with Gasteiger partial charge in [-0.2, -0.15) is 0 Å². The standard InChI is InChI=1S/C13H12ClN3O/c1-15-12-8-16-7-6-9(12)13(18)17-11-5-3-2-4-10(11)14/h2-8,15H,1H3,(H,17,18). The van der Waals surface area contributed by atoms with E-state index in [1.165, 1.54) is 0 Å². The average molecular weight is 262 g/mol. The third kappa shape index (κ3) is 2.60. The summed E-state index contributed by atoms with van der Waals surface area (Å²) < 4.78 is 0. The van der Waals surface area contributed by atoms with E-state index in [1.807, 2.05) is 12.1 Å². The number of anilines is 2. The number of halogens is 1. The molecular weight excluding hydrogens is 250 g/mol. The maximum Gasteiger partial charge on any atom is 0.257 e. The molecule has 0 unspecified atom stereocenters. The van der Waals surface area contributed by atoms with Gasteiger partial charge in [0.2, 0.25) is 0 Å². The quantitative estimate of drug-likeness (QED) is 0.893. The van der Waals surface area contributed by atoms with Gasteiger partial charge in [-0.1, -0.05) is 23.7 Å². The number of rotatable bonds is 3. The summed E-state index contributed by atoms with van der Waals surface area (Å²) in [5.41, 5.74) is 1.78.